The van der Waals surface area contributed by atoms with E-state index in [1.54, 1.807) is 25.1 Å². The molecule has 2 aromatic rings. The van der Waals surface area contributed by atoms with Crippen LogP contribution < -0.4 is 10.6 Å². The molecule has 0 aliphatic heterocycles. The molecule has 2 aromatic carbocycles. The Morgan fingerprint density at radius 1 is 1.16 bits per heavy atom. The SMILES string of the molecule is COC(=O)c1ccc(C)c(N[C@H](C)C(=O)Nc2ccc(F)cc2Cl)c1. The summed E-state index contributed by atoms with van der Waals surface area (Å²) in [6, 6.07) is 8.14. The van der Waals surface area contributed by atoms with Gasteiger partial charge in [-0.1, -0.05) is 17.7 Å². The zero-order valence-corrected chi connectivity index (χ0v) is 14.8. The molecule has 5 nitrogen and oxygen atoms in total. The molecule has 0 aromatic heterocycles. The van der Waals surface area contributed by atoms with Crippen LogP contribution >= 0.6 is 11.6 Å². The predicted octanol–water partition coefficient (Wildman–Crippen LogP) is 4.01. The van der Waals surface area contributed by atoms with Gasteiger partial charge in [0.15, 0.2) is 0 Å². The lowest BCUT2D eigenvalue weighted by molar-refractivity contribution is -0.116. The smallest absolute Gasteiger partial charge is 0.337 e. The van der Waals surface area contributed by atoms with E-state index >= 15 is 0 Å². The fraction of sp³-hybridized carbons (Fsp3) is 0.222. The third-order valence-electron chi connectivity index (χ3n) is 3.61. The first-order chi connectivity index (χ1) is 11.8. The van der Waals surface area contributed by atoms with Crippen LogP contribution in [0.25, 0.3) is 0 Å². The maximum absolute atomic E-state index is 13.1. The number of ether oxygens (including phenoxy) is 1. The normalized spacial score (nSPS) is 11.6. The standard InChI is InChI=1S/C18H18ClFN2O3/c1-10-4-5-12(18(24)25-3)8-16(10)21-11(2)17(23)22-15-7-6-13(20)9-14(15)19/h4-9,11,21H,1-3H3,(H,22,23)/t11-/m1/s1. The van der Waals surface area contributed by atoms with Crippen molar-refractivity contribution in [1.82, 2.24) is 0 Å². The van der Waals surface area contributed by atoms with Crippen molar-refractivity contribution in [3.63, 3.8) is 0 Å². The minimum Gasteiger partial charge on any atom is -0.465 e. The number of amides is 1. The molecule has 25 heavy (non-hydrogen) atoms. The lowest BCUT2D eigenvalue weighted by Gasteiger charge is -2.18. The number of benzene rings is 2. The molecule has 2 rings (SSSR count). The van der Waals surface area contributed by atoms with Gasteiger partial charge in [0.25, 0.3) is 0 Å². The van der Waals surface area contributed by atoms with E-state index in [1.165, 1.54) is 19.2 Å². The molecule has 0 saturated carbocycles. The van der Waals surface area contributed by atoms with E-state index in [0.29, 0.717) is 16.9 Å². The number of methoxy groups -OCH3 is 1. The Morgan fingerprint density at radius 3 is 2.52 bits per heavy atom. The number of aryl methyl sites for hydroxylation is 1. The fourth-order valence-electron chi connectivity index (χ4n) is 2.15. The van der Waals surface area contributed by atoms with Crippen LogP contribution in [0, 0.1) is 12.7 Å². The number of hydrogen-bond donors (Lipinski definition) is 2. The van der Waals surface area contributed by atoms with Crippen LogP contribution in [0.4, 0.5) is 15.8 Å². The highest BCUT2D eigenvalue weighted by atomic mass is 35.5. The highest BCUT2D eigenvalue weighted by Gasteiger charge is 2.16. The average Bonchev–Trinajstić information content (AvgIpc) is 2.58. The molecule has 132 valence electrons. The lowest BCUT2D eigenvalue weighted by Crippen LogP contribution is -2.32. The van der Waals surface area contributed by atoms with E-state index in [-0.39, 0.29) is 10.9 Å². The number of hydrogen-bond acceptors (Lipinski definition) is 4. The summed E-state index contributed by atoms with van der Waals surface area (Å²) in [7, 11) is 1.30. The van der Waals surface area contributed by atoms with Gasteiger partial charge in [0, 0.05) is 5.69 Å². The molecule has 0 heterocycles. The van der Waals surface area contributed by atoms with Crippen LogP contribution in [-0.4, -0.2) is 25.0 Å². The second-order valence-electron chi connectivity index (χ2n) is 5.50. The highest BCUT2D eigenvalue weighted by molar-refractivity contribution is 6.33. The van der Waals surface area contributed by atoms with Gasteiger partial charge in [-0.2, -0.15) is 0 Å². The first kappa shape index (κ1) is 18.7. The molecule has 0 fully saturated rings. The van der Waals surface area contributed by atoms with Crippen molar-refractivity contribution < 1.29 is 18.7 Å². The Hall–Kier alpha value is -2.60. The molecular formula is C18H18ClFN2O3. The monoisotopic (exact) mass is 364 g/mol. The molecule has 1 atom stereocenters. The molecule has 0 saturated heterocycles. The summed E-state index contributed by atoms with van der Waals surface area (Å²) in [5, 5.41) is 5.79. The second kappa shape index (κ2) is 7.98. The van der Waals surface area contributed by atoms with Gasteiger partial charge in [-0.25, -0.2) is 9.18 Å². The quantitative estimate of drug-likeness (QED) is 0.786. The van der Waals surface area contributed by atoms with E-state index in [9.17, 15) is 14.0 Å². The summed E-state index contributed by atoms with van der Waals surface area (Å²) >= 11 is 5.91. The zero-order chi connectivity index (χ0) is 18.6. The van der Waals surface area contributed by atoms with E-state index in [2.05, 4.69) is 10.6 Å². The third-order valence-corrected chi connectivity index (χ3v) is 3.93. The largest absolute Gasteiger partial charge is 0.465 e. The van der Waals surface area contributed by atoms with Crippen molar-refractivity contribution in [3.05, 3.63) is 58.4 Å². The van der Waals surface area contributed by atoms with E-state index in [4.69, 9.17) is 16.3 Å². The molecular weight excluding hydrogens is 347 g/mol. The summed E-state index contributed by atoms with van der Waals surface area (Å²) in [6.45, 7) is 3.52. The van der Waals surface area contributed by atoms with Gasteiger partial charge in [-0.3, -0.25) is 4.79 Å². The van der Waals surface area contributed by atoms with Gasteiger partial charge in [-0.05, 0) is 49.7 Å². The number of rotatable bonds is 5. The molecule has 0 aliphatic rings. The summed E-state index contributed by atoms with van der Waals surface area (Å²) < 4.78 is 17.8. The highest BCUT2D eigenvalue weighted by Crippen LogP contribution is 2.23. The Bertz CT molecular complexity index is 811. The van der Waals surface area contributed by atoms with Crippen LogP contribution in [0.3, 0.4) is 0 Å². The van der Waals surface area contributed by atoms with E-state index in [1.807, 2.05) is 6.92 Å². The molecule has 1 amide bonds. The Labute approximate surface area is 150 Å². The zero-order valence-electron chi connectivity index (χ0n) is 14.0. The van der Waals surface area contributed by atoms with Crippen molar-refractivity contribution in [2.45, 2.75) is 19.9 Å². The van der Waals surface area contributed by atoms with Gasteiger partial charge in [0.05, 0.1) is 23.4 Å². The van der Waals surface area contributed by atoms with Crippen molar-refractivity contribution in [2.24, 2.45) is 0 Å². The van der Waals surface area contributed by atoms with Crippen molar-refractivity contribution >= 4 is 34.9 Å². The van der Waals surface area contributed by atoms with Gasteiger partial charge in [0.2, 0.25) is 5.91 Å². The predicted molar refractivity (Wildman–Crippen MR) is 95.6 cm³/mol. The number of carbonyl (C=O) groups is 2. The molecule has 0 unspecified atom stereocenters. The summed E-state index contributed by atoms with van der Waals surface area (Å²) in [4.78, 5) is 24.0. The number of halogens is 2. The van der Waals surface area contributed by atoms with Crippen LogP contribution in [0.2, 0.25) is 5.02 Å². The van der Waals surface area contributed by atoms with Gasteiger partial charge in [0.1, 0.15) is 11.9 Å². The second-order valence-corrected chi connectivity index (χ2v) is 5.91. The minimum atomic E-state index is -0.618. The van der Waals surface area contributed by atoms with Crippen LogP contribution in [0.15, 0.2) is 36.4 Å². The maximum atomic E-state index is 13.1. The summed E-state index contributed by atoms with van der Waals surface area (Å²) in [5.74, 6) is -1.29. The molecule has 0 spiro atoms. The number of esters is 1. The Kier molecular flexibility index (Phi) is 5.98. The van der Waals surface area contributed by atoms with Crippen molar-refractivity contribution in [3.8, 4) is 0 Å². The Morgan fingerprint density at radius 2 is 1.88 bits per heavy atom. The number of nitrogens with one attached hydrogen (secondary N) is 2. The number of anilines is 2. The van der Waals surface area contributed by atoms with Crippen molar-refractivity contribution in [2.75, 3.05) is 17.7 Å². The lowest BCUT2D eigenvalue weighted by atomic mass is 10.1. The van der Waals surface area contributed by atoms with E-state index < -0.39 is 17.8 Å². The maximum Gasteiger partial charge on any atom is 0.337 e. The molecule has 0 aliphatic carbocycles. The average molecular weight is 365 g/mol. The minimum absolute atomic E-state index is 0.115. The fourth-order valence-corrected chi connectivity index (χ4v) is 2.37. The van der Waals surface area contributed by atoms with Crippen LogP contribution in [-0.2, 0) is 9.53 Å². The molecule has 0 bridgehead atoms. The topological polar surface area (TPSA) is 67.4 Å². The number of carbonyl (C=O) groups excluding carboxylic acids is 2. The molecule has 2 N–H and O–H groups in total. The van der Waals surface area contributed by atoms with Gasteiger partial charge < -0.3 is 15.4 Å². The van der Waals surface area contributed by atoms with Crippen LogP contribution in [0.1, 0.15) is 22.8 Å². The third kappa shape index (κ3) is 4.70. The summed E-state index contributed by atoms with van der Waals surface area (Å²) in [6.07, 6.45) is 0. The Balaban J connectivity index is 2.12. The first-order valence-corrected chi connectivity index (χ1v) is 7.91. The van der Waals surface area contributed by atoms with E-state index in [0.717, 1.165) is 11.6 Å². The van der Waals surface area contributed by atoms with Gasteiger partial charge >= 0.3 is 5.97 Å². The first-order valence-electron chi connectivity index (χ1n) is 7.53. The molecule has 7 heteroatoms. The van der Waals surface area contributed by atoms with Crippen LogP contribution in [0.5, 0.6) is 0 Å². The summed E-state index contributed by atoms with van der Waals surface area (Å²) in [5.41, 5.74) is 2.20. The van der Waals surface area contributed by atoms with Crippen molar-refractivity contribution in [1.29, 1.82) is 0 Å². The molecule has 0 radical (unpaired) electrons. The van der Waals surface area contributed by atoms with Gasteiger partial charge in [-0.15, -0.1) is 0 Å².